The van der Waals surface area contributed by atoms with Crippen LogP contribution < -0.4 is 5.73 Å². The normalized spacial score (nSPS) is 27.1. The fourth-order valence-electron chi connectivity index (χ4n) is 0.844. The molecule has 0 amide bonds. The Balaban J connectivity index is 2.74. The zero-order valence-corrected chi connectivity index (χ0v) is 6.85. The molecule has 2 nitrogen and oxygen atoms in total. The second-order valence-corrected chi connectivity index (χ2v) is 3.09. The molecule has 0 fully saturated rings. The molecular weight excluding hydrogens is 180 g/mol. The molecule has 0 radical (unpaired) electrons. The van der Waals surface area contributed by atoms with Gasteiger partial charge in [-0.3, -0.25) is 0 Å². The maximum Gasteiger partial charge on any atom is 0.104 e. The van der Waals surface area contributed by atoms with Crippen molar-refractivity contribution in [3.63, 3.8) is 0 Å². The van der Waals surface area contributed by atoms with E-state index >= 15 is 0 Å². The molecule has 0 aliphatic carbocycles. The minimum Gasteiger partial charge on any atom is -0.387 e. The van der Waals surface area contributed by atoms with Gasteiger partial charge in [0.1, 0.15) is 10.4 Å². The van der Waals surface area contributed by atoms with Crippen LogP contribution in [-0.4, -0.2) is 5.84 Å². The van der Waals surface area contributed by atoms with E-state index in [9.17, 15) is 0 Å². The van der Waals surface area contributed by atoms with Gasteiger partial charge in [0.15, 0.2) is 0 Å². The Morgan fingerprint density at radius 2 is 2.56 bits per heavy atom. The molecular formula is C6H9BrN2. The van der Waals surface area contributed by atoms with E-state index in [4.69, 9.17) is 5.73 Å². The fourth-order valence-corrected chi connectivity index (χ4v) is 1.52. The summed E-state index contributed by atoms with van der Waals surface area (Å²) in [5, 5.41) is 0. The zero-order chi connectivity index (χ0) is 6.85. The van der Waals surface area contributed by atoms with E-state index in [1.165, 1.54) is 0 Å². The summed E-state index contributed by atoms with van der Waals surface area (Å²) in [6.07, 6.45) is 2.94. The second kappa shape index (κ2) is 2.52. The van der Waals surface area contributed by atoms with Crippen molar-refractivity contribution in [2.45, 2.75) is 13.3 Å². The Hall–Kier alpha value is -0.310. The summed E-state index contributed by atoms with van der Waals surface area (Å²) >= 11 is 3.26. The van der Waals surface area contributed by atoms with Crippen molar-refractivity contribution in [3.05, 3.63) is 10.7 Å². The smallest absolute Gasteiger partial charge is 0.104 e. The van der Waals surface area contributed by atoms with Gasteiger partial charge in [0.05, 0.1) is 0 Å². The van der Waals surface area contributed by atoms with Crippen molar-refractivity contribution in [3.8, 4) is 0 Å². The van der Waals surface area contributed by atoms with Gasteiger partial charge in [0, 0.05) is 6.42 Å². The molecule has 50 valence electrons. The largest absolute Gasteiger partial charge is 0.387 e. The van der Waals surface area contributed by atoms with Gasteiger partial charge in [-0.25, -0.2) is 4.99 Å². The predicted octanol–water partition coefficient (Wildman–Crippen LogP) is 1.62. The maximum absolute atomic E-state index is 5.49. The van der Waals surface area contributed by atoms with Gasteiger partial charge >= 0.3 is 0 Å². The number of rotatable bonds is 0. The molecule has 1 heterocycles. The molecule has 0 bridgehead atoms. The van der Waals surface area contributed by atoms with Crippen molar-refractivity contribution in [1.29, 1.82) is 0 Å². The molecule has 3 heteroatoms. The first kappa shape index (κ1) is 6.81. The molecule has 9 heavy (non-hydrogen) atoms. The minimum atomic E-state index is 0.525. The monoisotopic (exact) mass is 188 g/mol. The van der Waals surface area contributed by atoms with Crippen LogP contribution in [0.1, 0.15) is 13.3 Å². The highest BCUT2D eigenvalue weighted by Crippen LogP contribution is 2.18. The molecule has 1 aliphatic rings. The van der Waals surface area contributed by atoms with Crippen molar-refractivity contribution in [1.82, 2.24) is 0 Å². The van der Waals surface area contributed by atoms with E-state index < -0.39 is 0 Å². The molecule has 1 rings (SSSR count). The average molecular weight is 189 g/mol. The lowest BCUT2D eigenvalue weighted by Crippen LogP contribution is -2.17. The highest BCUT2D eigenvalue weighted by Gasteiger charge is 2.07. The second-order valence-electron chi connectivity index (χ2n) is 2.27. The highest BCUT2D eigenvalue weighted by molar-refractivity contribution is 9.11. The summed E-state index contributed by atoms with van der Waals surface area (Å²) in [5.41, 5.74) is 5.49. The fraction of sp³-hybridized carbons (Fsp3) is 0.500. The number of amidine groups is 1. The van der Waals surface area contributed by atoms with Crippen LogP contribution in [0.4, 0.5) is 0 Å². The van der Waals surface area contributed by atoms with Gasteiger partial charge < -0.3 is 5.73 Å². The zero-order valence-electron chi connectivity index (χ0n) is 5.26. The van der Waals surface area contributed by atoms with Gasteiger partial charge in [0.25, 0.3) is 0 Å². The maximum atomic E-state index is 5.49. The van der Waals surface area contributed by atoms with E-state index in [0.717, 1.165) is 16.9 Å². The number of hydrogen-bond donors (Lipinski definition) is 1. The molecule has 0 aromatic rings. The topological polar surface area (TPSA) is 38.4 Å². The van der Waals surface area contributed by atoms with Crippen molar-refractivity contribution >= 4 is 21.8 Å². The van der Waals surface area contributed by atoms with Gasteiger partial charge in [-0.05, 0) is 27.9 Å². The van der Waals surface area contributed by atoms with Crippen LogP contribution in [0.25, 0.3) is 0 Å². The molecule has 0 saturated heterocycles. The number of halogens is 1. The van der Waals surface area contributed by atoms with Crippen LogP contribution in [0.3, 0.4) is 0 Å². The Bertz CT molecular complexity index is 172. The predicted molar refractivity (Wildman–Crippen MR) is 42.4 cm³/mol. The van der Waals surface area contributed by atoms with Crippen molar-refractivity contribution in [2.75, 3.05) is 0 Å². The molecule has 0 aromatic heterocycles. The average Bonchev–Trinajstić information content (AvgIpc) is 1.59. The third-order valence-electron chi connectivity index (χ3n) is 1.20. The number of nitrogens with zero attached hydrogens (tertiary/aromatic N) is 1. The summed E-state index contributed by atoms with van der Waals surface area (Å²) in [4.78, 5) is 4.01. The van der Waals surface area contributed by atoms with Crippen LogP contribution >= 0.6 is 15.9 Å². The summed E-state index contributed by atoms with van der Waals surface area (Å²) in [5.74, 6) is 1.24. The third kappa shape index (κ3) is 1.82. The molecule has 0 saturated carbocycles. The van der Waals surface area contributed by atoms with Gasteiger partial charge in [0.2, 0.25) is 0 Å². The summed E-state index contributed by atoms with van der Waals surface area (Å²) in [7, 11) is 0. The highest BCUT2D eigenvalue weighted by atomic mass is 79.9. The first-order valence-corrected chi connectivity index (χ1v) is 3.68. The van der Waals surface area contributed by atoms with Crippen LogP contribution in [-0.2, 0) is 0 Å². The lowest BCUT2D eigenvalue weighted by atomic mass is 10.1. The van der Waals surface area contributed by atoms with Crippen LogP contribution in [0.5, 0.6) is 0 Å². The molecule has 0 aromatic carbocycles. The molecule has 1 atom stereocenters. The lowest BCUT2D eigenvalue weighted by Gasteiger charge is -2.10. The number of allylic oxidation sites excluding steroid dienone is 1. The SMILES string of the molecule is CC1C=C(Br)N=C(N)C1. The van der Waals surface area contributed by atoms with Crippen molar-refractivity contribution < 1.29 is 0 Å². The van der Waals surface area contributed by atoms with E-state index in [0.29, 0.717) is 5.92 Å². The number of hydrogen-bond acceptors (Lipinski definition) is 2. The van der Waals surface area contributed by atoms with Gasteiger partial charge in [-0.15, -0.1) is 0 Å². The molecule has 0 spiro atoms. The number of aliphatic imine (C=N–C) groups is 1. The van der Waals surface area contributed by atoms with Gasteiger partial charge in [-0.1, -0.05) is 6.92 Å². The lowest BCUT2D eigenvalue weighted by molar-refractivity contribution is 0.749. The molecule has 1 aliphatic heterocycles. The summed E-state index contributed by atoms with van der Waals surface area (Å²) in [6, 6.07) is 0. The third-order valence-corrected chi connectivity index (χ3v) is 1.65. The van der Waals surface area contributed by atoms with E-state index in [2.05, 4.69) is 33.9 Å². The quantitative estimate of drug-likeness (QED) is 0.577. The summed E-state index contributed by atoms with van der Waals surface area (Å²) < 4.78 is 0.860. The Labute approximate surface area is 63.0 Å². The van der Waals surface area contributed by atoms with E-state index in [1.54, 1.807) is 0 Å². The Morgan fingerprint density at radius 3 is 3.00 bits per heavy atom. The van der Waals surface area contributed by atoms with Crippen molar-refractivity contribution in [2.24, 2.45) is 16.6 Å². The van der Waals surface area contributed by atoms with Crippen LogP contribution in [0.2, 0.25) is 0 Å². The first-order valence-electron chi connectivity index (χ1n) is 2.89. The number of nitrogens with two attached hydrogens (primary N) is 1. The Morgan fingerprint density at radius 1 is 1.89 bits per heavy atom. The van der Waals surface area contributed by atoms with Gasteiger partial charge in [-0.2, -0.15) is 0 Å². The van der Waals surface area contributed by atoms with E-state index in [1.807, 2.05) is 0 Å². The Kier molecular flexibility index (Phi) is 1.90. The molecule has 1 unspecified atom stereocenters. The van der Waals surface area contributed by atoms with Crippen LogP contribution in [0, 0.1) is 5.92 Å². The standard InChI is InChI=1S/C6H9BrN2/c1-4-2-5(7)9-6(8)3-4/h2,4H,3H2,1H3,(H2,8,9). The minimum absolute atomic E-state index is 0.525. The molecule has 2 N–H and O–H groups in total. The van der Waals surface area contributed by atoms with Crippen LogP contribution in [0.15, 0.2) is 15.7 Å². The van der Waals surface area contributed by atoms with E-state index in [-0.39, 0.29) is 0 Å². The summed E-state index contributed by atoms with van der Waals surface area (Å²) in [6.45, 7) is 2.11. The first-order chi connectivity index (χ1) is 4.18.